The summed E-state index contributed by atoms with van der Waals surface area (Å²) in [6.07, 6.45) is 1.03. The molecule has 0 heterocycles. The summed E-state index contributed by atoms with van der Waals surface area (Å²) < 4.78 is 0. The van der Waals surface area contributed by atoms with Crippen LogP contribution in [-0.4, -0.2) is 17.9 Å². The summed E-state index contributed by atoms with van der Waals surface area (Å²) in [6, 6.07) is 17.5. The molecule has 0 spiro atoms. The lowest BCUT2D eigenvalue weighted by molar-refractivity contribution is -0.128. The van der Waals surface area contributed by atoms with Crippen LogP contribution in [0.4, 0.5) is 0 Å². The lowest BCUT2D eigenvalue weighted by atomic mass is 9.86. The number of aryl methyl sites for hydroxylation is 1. The smallest absolute Gasteiger partial charge is 0.242 e. The molecule has 1 unspecified atom stereocenters. The van der Waals surface area contributed by atoms with Gasteiger partial charge >= 0.3 is 0 Å². The van der Waals surface area contributed by atoms with E-state index in [9.17, 15) is 9.59 Å². The first kappa shape index (κ1) is 20.7. The molecule has 0 bridgehead atoms. The Hall–Kier alpha value is -2.62. The summed E-state index contributed by atoms with van der Waals surface area (Å²) in [5, 5.41) is 5.62. The summed E-state index contributed by atoms with van der Waals surface area (Å²) in [5.74, 6) is -0.293. The molecule has 2 N–H and O–H groups in total. The minimum Gasteiger partial charge on any atom is -0.350 e. The number of amides is 2. The van der Waals surface area contributed by atoms with Crippen LogP contribution >= 0.6 is 0 Å². The highest BCUT2D eigenvalue weighted by molar-refractivity contribution is 5.87. The molecule has 1 atom stereocenters. The number of benzene rings is 2. The highest BCUT2D eigenvalue weighted by Gasteiger charge is 2.16. The fraction of sp³-hybridized carbons (Fsp3) is 0.391. The zero-order valence-electron chi connectivity index (χ0n) is 16.7. The highest BCUT2D eigenvalue weighted by Crippen LogP contribution is 2.22. The maximum Gasteiger partial charge on any atom is 0.242 e. The van der Waals surface area contributed by atoms with Crippen molar-refractivity contribution in [1.82, 2.24) is 10.6 Å². The average molecular weight is 367 g/mol. The van der Waals surface area contributed by atoms with E-state index >= 15 is 0 Å². The van der Waals surface area contributed by atoms with Crippen LogP contribution in [0, 0.1) is 0 Å². The first-order chi connectivity index (χ1) is 12.8. The van der Waals surface area contributed by atoms with Crippen LogP contribution in [0.25, 0.3) is 0 Å². The highest BCUT2D eigenvalue weighted by atomic mass is 16.2. The van der Waals surface area contributed by atoms with Crippen LogP contribution in [0.5, 0.6) is 0 Å². The van der Waals surface area contributed by atoms with Crippen molar-refractivity contribution >= 4 is 11.8 Å². The summed E-state index contributed by atoms with van der Waals surface area (Å²) in [6.45, 7) is 8.70. The van der Waals surface area contributed by atoms with Crippen molar-refractivity contribution in [3.63, 3.8) is 0 Å². The SMILES string of the molecule is CC(NC(=O)CCc1ccc(C(C)(C)C)cc1)C(=O)NCc1ccccc1. The lowest BCUT2D eigenvalue weighted by Gasteiger charge is -2.19. The number of rotatable bonds is 7. The molecule has 0 aliphatic carbocycles. The second-order valence-electron chi connectivity index (χ2n) is 7.94. The van der Waals surface area contributed by atoms with Crippen LogP contribution < -0.4 is 10.6 Å². The molecule has 2 aromatic carbocycles. The van der Waals surface area contributed by atoms with Gasteiger partial charge in [0.25, 0.3) is 0 Å². The van der Waals surface area contributed by atoms with Gasteiger partial charge in [-0.3, -0.25) is 9.59 Å². The molecule has 144 valence electrons. The molecule has 0 aliphatic rings. The van der Waals surface area contributed by atoms with Crippen molar-refractivity contribution in [2.45, 2.75) is 58.5 Å². The Morgan fingerprint density at radius 3 is 2.15 bits per heavy atom. The van der Waals surface area contributed by atoms with Crippen molar-refractivity contribution in [2.75, 3.05) is 0 Å². The maximum absolute atomic E-state index is 12.1. The largest absolute Gasteiger partial charge is 0.350 e. The average Bonchev–Trinajstić information content (AvgIpc) is 2.65. The topological polar surface area (TPSA) is 58.2 Å². The predicted molar refractivity (Wildman–Crippen MR) is 109 cm³/mol. The van der Waals surface area contributed by atoms with Gasteiger partial charge in [-0.1, -0.05) is 75.4 Å². The van der Waals surface area contributed by atoms with E-state index < -0.39 is 6.04 Å². The van der Waals surface area contributed by atoms with Crippen molar-refractivity contribution in [3.05, 3.63) is 71.3 Å². The standard InChI is InChI=1S/C23H30N2O2/c1-17(22(27)24-16-19-8-6-5-7-9-19)25-21(26)15-12-18-10-13-20(14-11-18)23(2,3)4/h5-11,13-14,17H,12,15-16H2,1-4H3,(H,24,27)(H,25,26). The Morgan fingerprint density at radius 1 is 0.926 bits per heavy atom. The third-order valence-electron chi connectivity index (χ3n) is 4.54. The molecule has 0 saturated carbocycles. The molecule has 2 amide bonds. The fourth-order valence-corrected chi connectivity index (χ4v) is 2.75. The lowest BCUT2D eigenvalue weighted by Crippen LogP contribution is -2.44. The fourth-order valence-electron chi connectivity index (χ4n) is 2.75. The molecule has 0 aromatic heterocycles. The predicted octanol–water partition coefficient (Wildman–Crippen LogP) is 3.74. The van der Waals surface area contributed by atoms with Crippen LogP contribution in [0.1, 0.15) is 50.8 Å². The Kier molecular flexibility index (Phi) is 7.17. The molecule has 4 nitrogen and oxygen atoms in total. The molecular formula is C23H30N2O2. The minimum atomic E-state index is -0.551. The summed E-state index contributed by atoms with van der Waals surface area (Å²) in [5.41, 5.74) is 3.56. The summed E-state index contributed by atoms with van der Waals surface area (Å²) >= 11 is 0. The summed E-state index contributed by atoms with van der Waals surface area (Å²) in [7, 11) is 0. The third-order valence-corrected chi connectivity index (χ3v) is 4.54. The van der Waals surface area contributed by atoms with E-state index in [1.807, 2.05) is 30.3 Å². The normalized spacial score (nSPS) is 12.3. The second-order valence-corrected chi connectivity index (χ2v) is 7.94. The maximum atomic E-state index is 12.1. The first-order valence-electron chi connectivity index (χ1n) is 9.46. The van der Waals surface area contributed by atoms with E-state index in [-0.39, 0.29) is 17.2 Å². The zero-order chi connectivity index (χ0) is 19.9. The van der Waals surface area contributed by atoms with Gasteiger partial charge in [0.15, 0.2) is 0 Å². The van der Waals surface area contributed by atoms with E-state index in [0.717, 1.165) is 11.1 Å². The number of carbonyl (C=O) groups is 2. The van der Waals surface area contributed by atoms with E-state index in [1.54, 1.807) is 6.92 Å². The second kappa shape index (κ2) is 9.36. The van der Waals surface area contributed by atoms with Gasteiger partial charge in [-0.2, -0.15) is 0 Å². The molecule has 0 radical (unpaired) electrons. The van der Waals surface area contributed by atoms with Crippen molar-refractivity contribution in [2.24, 2.45) is 0 Å². The van der Waals surface area contributed by atoms with Gasteiger partial charge in [-0.05, 0) is 35.4 Å². The Labute approximate surface area is 162 Å². The molecular weight excluding hydrogens is 336 g/mol. The Bertz CT molecular complexity index is 746. The molecule has 27 heavy (non-hydrogen) atoms. The monoisotopic (exact) mass is 366 g/mol. The molecule has 0 fully saturated rings. The Balaban J connectivity index is 1.75. The van der Waals surface area contributed by atoms with Gasteiger partial charge < -0.3 is 10.6 Å². The number of carbonyl (C=O) groups excluding carboxylic acids is 2. The van der Waals surface area contributed by atoms with Crippen LogP contribution in [0.3, 0.4) is 0 Å². The first-order valence-corrected chi connectivity index (χ1v) is 9.46. The van der Waals surface area contributed by atoms with Crippen molar-refractivity contribution in [1.29, 1.82) is 0 Å². The quantitative estimate of drug-likeness (QED) is 0.784. The van der Waals surface area contributed by atoms with E-state index in [2.05, 4.69) is 55.7 Å². The number of hydrogen-bond donors (Lipinski definition) is 2. The van der Waals surface area contributed by atoms with Crippen molar-refractivity contribution < 1.29 is 9.59 Å². The van der Waals surface area contributed by atoms with Gasteiger partial charge in [0.2, 0.25) is 11.8 Å². The van der Waals surface area contributed by atoms with E-state index in [4.69, 9.17) is 0 Å². The van der Waals surface area contributed by atoms with Gasteiger partial charge in [-0.25, -0.2) is 0 Å². The molecule has 0 aliphatic heterocycles. The van der Waals surface area contributed by atoms with Gasteiger partial charge in [0.1, 0.15) is 6.04 Å². The van der Waals surface area contributed by atoms with Crippen LogP contribution in [-0.2, 0) is 28.0 Å². The minimum absolute atomic E-state index is 0.114. The third kappa shape index (κ3) is 6.89. The van der Waals surface area contributed by atoms with E-state index in [1.165, 1.54) is 5.56 Å². The molecule has 2 rings (SSSR count). The number of nitrogens with one attached hydrogen (secondary N) is 2. The molecule has 0 saturated heterocycles. The van der Waals surface area contributed by atoms with Crippen LogP contribution in [0.2, 0.25) is 0 Å². The Morgan fingerprint density at radius 2 is 1.56 bits per heavy atom. The molecule has 4 heteroatoms. The van der Waals surface area contributed by atoms with E-state index in [0.29, 0.717) is 19.4 Å². The zero-order valence-corrected chi connectivity index (χ0v) is 16.7. The van der Waals surface area contributed by atoms with Gasteiger partial charge in [-0.15, -0.1) is 0 Å². The van der Waals surface area contributed by atoms with Crippen LogP contribution in [0.15, 0.2) is 54.6 Å². The van der Waals surface area contributed by atoms with Gasteiger partial charge in [0.05, 0.1) is 0 Å². The van der Waals surface area contributed by atoms with Gasteiger partial charge in [0, 0.05) is 13.0 Å². The van der Waals surface area contributed by atoms with Crippen molar-refractivity contribution in [3.8, 4) is 0 Å². The summed E-state index contributed by atoms with van der Waals surface area (Å²) in [4.78, 5) is 24.3. The molecule has 2 aromatic rings. The number of hydrogen-bond acceptors (Lipinski definition) is 2.